The average molecular weight is 466 g/mol. The molecule has 1 aliphatic heterocycles. The molecule has 2 aromatic carbocycles. The molecule has 0 spiro atoms. The Labute approximate surface area is 198 Å². The molecule has 180 valence electrons. The summed E-state index contributed by atoms with van der Waals surface area (Å²) in [6.07, 6.45) is 0.199. The number of amides is 1. The highest BCUT2D eigenvalue weighted by Crippen LogP contribution is 2.27. The van der Waals surface area contributed by atoms with Gasteiger partial charge < -0.3 is 20.1 Å². The molecule has 1 fully saturated rings. The number of anilines is 1. The summed E-state index contributed by atoms with van der Waals surface area (Å²) in [5.74, 6) is -0.612. The number of aromatic carboxylic acids is 1. The minimum atomic E-state index is -1.01. The molecule has 34 heavy (non-hydrogen) atoms. The SMILES string of the molecule is CCOC(C)N1CCN(c2cccc(-n3c(CC(=O)NC)nc4cc(C(=O)O)ccc43)c2)CC1. The highest BCUT2D eigenvalue weighted by atomic mass is 16.5. The van der Waals surface area contributed by atoms with Crippen LogP contribution in [-0.2, 0) is 16.0 Å². The molecule has 0 saturated carbocycles. The molecule has 1 aliphatic rings. The third kappa shape index (κ3) is 4.90. The molecular weight excluding hydrogens is 434 g/mol. The predicted octanol–water partition coefficient (Wildman–Crippen LogP) is 2.52. The summed E-state index contributed by atoms with van der Waals surface area (Å²) in [7, 11) is 1.59. The van der Waals surface area contributed by atoms with Crippen LogP contribution in [-0.4, -0.2) is 77.5 Å². The molecule has 9 nitrogen and oxygen atoms in total. The van der Waals surface area contributed by atoms with Crippen LogP contribution in [0, 0.1) is 0 Å². The van der Waals surface area contributed by atoms with E-state index in [0.717, 1.165) is 43.1 Å². The number of imidazole rings is 1. The summed E-state index contributed by atoms with van der Waals surface area (Å²) in [5, 5.41) is 12.0. The number of ether oxygens (including phenoxy) is 1. The number of hydrogen-bond acceptors (Lipinski definition) is 6. The Morgan fingerprint density at radius 2 is 1.85 bits per heavy atom. The predicted molar refractivity (Wildman–Crippen MR) is 131 cm³/mol. The Balaban J connectivity index is 1.66. The van der Waals surface area contributed by atoms with Crippen molar-refractivity contribution in [1.82, 2.24) is 19.8 Å². The van der Waals surface area contributed by atoms with Crippen molar-refractivity contribution in [3.63, 3.8) is 0 Å². The highest BCUT2D eigenvalue weighted by molar-refractivity contribution is 5.93. The lowest BCUT2D eigenvalue weighted by Crippen LogP contribution is -2.50. The molecule has 2 heterocycles. The lowest BCUT2D eigenvalue weighted by atomic mass is 10.2. The summed E-state index contributed by atoms with van der Waals surface area (Å²) in [6.45, 7) is 8.41. The van der Waals surface area contributed by atoms with Crippen molar-refractivity contribution in [2.75, 3.05) is 44.7 Å². The van der Waals surface area contributed by atoms with E-state index >= 15 is 0 Å². The van der Waals surface area contributed by atoms with Crippen LogP contribution in [0.15, 0.2) is 42.5 Å². The van der Waals surface area contributed by atoms with Gasteiger partial charge in [-0.2, -0.15) is 0 Å². The van der Waals surface area contributed by atoms with Gasteiger partial charge >= 0.3 is 5.97 Å². The van der Waals surface area contributed by atoms with E-state index in [-0.39, 0.29) is 24.1 Å². The second-order valence-electron chi connectivity index (χ2n) is 8.32. The Morgan fingerprint density at radius 1 is 1.12 bits per heavy atom. The van der Waals surface area contributed by atoms with Gasteiger partial charge in [0.25, 0.3) is 0 Å². The Kier molecular flexibility index (Phi) is 7.14. The number of rotatable bonds is 8. The monoisotopic (exact) mass is 465 g/mol. The van der Waals surface area contributed by atoms with Crippen LogP contribution in [0.5, 0.6) is 0 Å². The van der Waals surface area contributed by atoms with Crippen molar-refractivity contribution in [3.05, 3.63) is 53.9 Å². The van der Waals surface area contributed by atoms with Gasteiger partial charge in [0.2, 0.25) is 5.91 Å². The largest absolute Gasteiger partial charge is 0.478 e. The van der Waals surface area contributed by atoms with Gasteiger partial charge in [0.1, 0.15) is 12.1 Å². The maximum Gasteiger partial charge on any atom is 0.335 e. The summed E-state index contributed by atoms with van der Waals surface area (Å²) in [5.41, 5.74) is 3.44. The third-order valence-electron chi connectivity index (χ3n) is 6.26. The fourth-order valence-corrected chi connectivity index (χ4v) is 4.42. The van der Waals surface area contributed by atoms with Crippen molar-refractivity contribution in [2.24, 2.45) is 0 Å². The smallest absolute Gasteiger partial charge is 0.335 e. The molecule has 3 aromatic rings. The van der Waals surface area contributed by atoms with Crippen LogP contribution in [0.1, 0.15) is 30.0 Å². The number of carboxylic acid groups (broad SMARTS) is 1. The number of carbonyl (C=O) groups excluding carboxylic acids is 1. The van der Waals surface area contributed by atoms with Crippen molar-refractivity contribution in [3.8, 4) is 5.69 Å². The number of fused-ring (bicyclic) bond motifs is 1. The number of piperazine rings is 1. The number of aromatic nitrogens is 2. The fraction of sp³-hybridized carbons (Fsp3) is 0.400. The first kappa shape index (κ1) is 23.7. The van der Waals surface area contributed by atoms with E-state index in [9.17, 15) is 14.7 Å². The number of likely N-dealkylation sites (N-methyl/N-ethyl adjacent to an activating group) is 1. The first-order valence-corrected chi connectivity index (χ1v) is 11.6. The van der Waals surface area contributed by atoms with Crippen LogP contribution in [0.4, 0.5) is 5.69 Å². The number of nitrogens with zero attached hydrogens (tertiary/aromatic N) is 4. The van der Waals surface area contributed by atoms with Crippen molar-refractivity contribution in [1.29, 1.82) is 0 Å². The number of carboxylic acids is 1. The van der Waals surface area contributed by atoms with E-state index in [4.69, 9.17) is 4.74 Å². The van der Waals surface area contributed by atoms with Crippen LogP contribution in [0.2, 0.25) is 0 Å². The lowest BCUT2D eigenvalue weighted by molar-refractivity contribution is -0.120. The van der Waals surface area contributed by atoms with Gasteiger partial charge in [-0.15, -0.1) is 0 Å². The first-order chi connectivity index (χ1) is 16.4. The average Bonchev–Trinajstić information content (AvgIpc) is 3.21. The third-order valence-corrected chi connectivity index (χ3v) is 6.26. The molecule has 1 amide bonds. The molecule has 2 N–H and O–H groups in total. The van der Waals surface area contributed by atoms with Crippen LogP contribution in [0.25, 0.3) is 16.7 Å². The van der Waals surface area contributed by atoms with E-state index in [2.05, 4.69) is 39.2 Å². The molecular formula is C25H31N5O4. The fourth-order valence-electron chi connectivity index (χ4n) is 4.42. The van der Waals surface area contributed by atoms with Gasteiger partial charge in [-0.3, -0.25) is 14.3 Å². The quantitative estimate of drug-likeness (QED) is 0.527. The van der Waals surface area contributed by atoms with Crippen LogP contribution < -0.4 is 10.2 Å². The molecule has 1 aromatic heterocycles. The molecule has 1 unspecified atom stereocenters. The van der Waals surface area contributed by atoms with E-state index in [1.54, 1.807) is 25.2 Å². The second kappa shape index (κ2) is 10.2. The topological polar surface area (TPSA) is 99.9 Å². The zero-order valence-corrected chi connectivity index (χ0v) is 19.8. The Bertz CT molecular complexity index is 1180. The standard InChI is InChI=1S/C25H31N5O4/c1-4-34-17(2)28-10-12-29(13-11-28)19-6-5-7-20(15-19)30-22-9-8-18(25(32)33)14-21(22)27-23(30)16-24(31)26-3/h5-9,14-15,17H,4,10-13,16H2,1-3H3,(H,26,31)(H,32,33). The molecule has 0 radical (unpaired) electrons. The number of benzene rings is 2. The van der Waals surface area contributed by atoms with Crippen molar-refractivity contribution < 1.29 is 19.4 Å². The zero-order chi connectivity index (χ0) is 24.2. The van der Waals surface area contributed by atoms with Gasteiger partial charge in [0.15, 0.2) is 0 Å². The maximum absolute atomic E-state index is 12.2. The second-order valence-corrected chi connectivity index (χ2v) is 8.32. The van der Waals surface area contributed by atoms with E-state index in [1.807, 2.05) is 23.6 Å². The van der Waals surface area contributed by atoms with E-state index in [1.165, 1.54) is 0 Å². The first-order valence-electron chi connectivity index (χ1n) is 11.6. The summed E-state index contributed by atoms with van der Waals surface area (Å²) in [4.78, 5) is 32.9. The van der Waals surface area contributed by atoms with Crippen molar-refractivity contribution >= 4 is 28.6 Å². The van der Waals surface area contributed by atoms with Gasteiger partial charge in [-0.25, -0.2) is 9.78 Å². The minimum Gasteiger partial charge on any atom is -0.478 e. The molecule has 0 aliphatic carbocycles. The maximum atomic E-state index is 12.2. The number of carbonyl (C=O) groups is 2. The van der Waals surface area contributed by atoms with Gasteiger partial charge in [0.05, 0.1) is 23.0 Å². The number of hydrogen-bond donors (Lipinski definition) is 2. The molecule has 4 rings (SSSR count). The van der Waals surface area contributed by atoms with Gasteiger partial charge in [-0.1, -0.05) is 6.07 Å². The van der Waals surface area contributed by atoms with Gasteiger partial charge in [-0.05, 0) is 50.2 Å². The van der Waals surface area contributed by atoms with Crippen LogP contribution in [0.3, 0.4) is 0 Å². The summed E-state index contributed by atoms with van der Waals surface area (Å²) >= 11 is 0. The zero-order valence-electron chi connectivity index (χ0n) is 19.8. The van der Waals surface area contributed by atoms with E-state index in [0.29, 0.717) is 17.9 Å². The highest BCUT2D eigenvalue weighted by Gasteiger charge is 2.22. The normalized spacial score (nSPS) is 15.4. The Morgan fingerprint density at radius 3 is 2.53 bits per heavy atom. The number of nitrogens with one attached hydrogen (secondary N) is 1. The molecule has 0 bridgehead atoms. The molecule has 1 atom stereocenters. The van der Waals surface area contributed by atoms with Crippen molar-refractivity contribution in [2.45, 2.75) is 26.5 Å². The lowest BCUT2D eigenvalue weighted by Gasteiger charge is -2.38. The Hall–Kier alpha value is -3.43. The van der Waals surface area contributed by atoms with E-state index < -0.39 is 5.97 Å². The minimum absolute atomic E-state index is 0.0891. The van der Waals surface area contributed by atoms with Crippen LogP contribution >= 0.6 is 0 Å². The summed E-state index contributed by atoms with van der Waals surface area (Å²) < 4.78 is 7.67. The van der Waals surface area contributed by atoms with Gasteiger partial charge in [0, 0.05) is 51.2 Å². The molecule has 9 heteroatoms. The molecule has 1 saturated heterocycles. The summed E-state index contributed by atoms with van der Waals surface area (Å²) in [6, 6.07) is 13.0.